The second-order valence-electron chi connectivity index (χ2n) is 7.11. The molecule has 0 bridgehead atoms. The van der Waals surface area contributed by atoms with Gasteiger partial charge in [0.15, 0.2) is 15.8 Å². The zero-order valence-electron chi connectivity index (χ0n) is 17.1. The number of sulfone groups is 1. The number of aliphatic imine (C=N–C) groups is 1. The predicted molar refractivity (Wildman–Crippen MR) is 118 cm³/mol. The van der Waals surface area contributed by atoms with E-state index in [1.807, 2.05) is 24.3 Å². The molecular formula is C19H28N6O2S2. The molecule has 10 heteroatoms. The Morgan fingerprint density at radius 1 is 1.17 bits per heavy atom. The van der Waals surface area contributed by atoms with E-state index in [4.69, 9.17) is 0 Å². The molecule has 8 nitrogen and oxygen atoms in total. The van der Waals surface area contributed by atoms with Gasteiger partial charge in [0, 0.05) is 64.0 Å². The highest BCUT2D eigenvalue weighted by Gasteiger charge is 2.22. The van der Waals surface area contributed by atoms with Crippen LogP contribution in [0.2, 0.25) is 0 Å². The number of nitrogens with one attached hydrogen (secondary N) is 1. The third-order valence-corrected chi connectivity index (χ3v) is 6.41. The average molecular weight is 437 g/mol. The maximum absolute atomic E-state index is 11.4. The lowest BCUT2D eigenvalue weighted by atomic mass is 10.1. The van der Waals surface area contributed by atoms with E-state index in [9.17, 15) is 8.42 Å². The highest BCUT2D eigenvalue weighted by Crippen LogP contribution is 2.19. The standard InChI is InChI=1S/C19H28N6O2S2/c1-4-17-22-19(28-23-17)25-11-9-24(10-12-25)18(20-2)21-13-15-5-7-16(8-6-15)14-29(3,26)27/h5-8H,4,9-14H2,1-3H3,(H,20,21). The first-order chi connectivity index (χ1) is 13.9. The van der Waals surface area contributed by atoms with Crippen molar-refractivity contribution in [1.29, 1.82) is 0 Å². The van der Waals surface area contributed by atoms with Gasteiger partial charge in [-0.2, -0.15) is 4.37 Å². The Labute approximate surface area is 176 Å². The summed E-state index contributed by atoms with van der Waals surface area (Å²) in [5, 5.41) is 4.40. The molecule has 1 aromatic carbocycles. The molecule has 1 saturated heterocycles. The number of hydrogen-bond donors (Lipinski definition) is 1. The molecule has 1 N–H and O–H groups in total. The molecule has 0 unspecified atom stereocenters. The molecule has 158 valence electrons. The topological polar surface area (TPSA) is 90.8 Å². The van der Waals surface area contributed by atoms with Crippen molar-refractivity contribution in [2.24, 2.45) is 4.99 Å². The first kappa shape index (κ1) is 21.5. The van der Waals surface area contributed by atoms with Crippen LogP contribution >= 0.6 is 11.5 Å². The Hall–Kier alpha value is -2.20. The molecule has 3 rings (SSSR count). The van der Waals surface area contributed by atoms with E-state index >= 15 is 0 Å². The minimum atomic E-state index is -3.01. The van der Waals surface area contributed by atoms with Crippen LogP contribution in [-0.2, 0) is 28.6 Å². The number of guanidine groups is 1. The Morgan fingerprint density at radius 3 is 2.38 bits per heavy atom. The second kappa shape index (κ2) is 9.53. The van der Waals surface area contributed by atoms with Crippen LogP contribution in [0.3, 0.4) is 0 Å². The van der Waals surface area contributed by atoms with Crippen LogP contribution in [0.1, 0.15) is 23.9 Å². The minimum absolute atomic E-state index is 0.0705. The van der Waals surface area contributed by atoms with Gasteiger partial charge < -0.3 is 15.1 Å². The average Bonchev–Trinajstić information content (AvgIpc) is 3.18. The molecule has 0 atom stereocenters. The monoisotopic (exact) mass is 436 g/mol. The summed E-state index contributed by atoms with van der Waals surface area (Å²) in [6.45, 7) is 6.22. The predicted octanol–water partition coefficient (Wildman–Crippen LogP) is 1.54. The highest BCUT2D eigenvalue weighted by molar-refractivity contribution is 7.89. The number of piperazine rings is 1. The number of benzene rings is 1. The molecule has 0 spiro atoms. The van der Waals surface area contributed by atoms with Crippen LogP contribution < -0.4 is 10.2 Å². The van der Waals surface area contributed by atoms with Crippen molar-refractivity contribution in [3.05, 3.63) is 41.2 Å². The fraction of sp³-hybridized carbons (Fsp3) is 0.526. The van der Waals surface area contributed by atoms with E-state index in [0.717, 1.165) is 60.6 Å². The maximum Gasteiger partial charge on any atom is 0.205 e. The summed E-state index contributed by atoms with van der Waals surface area (Å²) in [5.41, 5.74) is 1.89. The first-order valence-electron chi connectivity index (χ1n) is 9.66. The summed E-state index contributed by atoms with van der Waals surface area (Å²) >= 11 is 1.47. The molecule has 1 aliphatic heterocycles. The molecule has 1 fully saturated rings. The van der Waals surface area contributed by atoms with Gasteiger partial charge in [0.25, 0.3) is 0 Å². The molecule has 0 aliphatic carbocycles. The zero-order valence-corrected chi connectivity index (χ0v) is 18.8. The molecule has 0 radical (unpaired) electrons. The summed E-state index contributed by atoms with van der Waals surface area (Å²) in [6, 6.07) is 7.65. The number of rotatable bonds is 6. The molecule has 29 heavy (non-hydrogen) atoms. The molecule has 1 aromatic heterocycles. The largest absolute Gasteiger partial charge is 0.352 e. The van der Waals surface area contributed by atoms with E-state index in [0.29, 0.717) is 6.54 Å². The smallest absolute Gasteiger partial charge is 0.205 e. The number of anilines is 1. The van der Waals surface area contributed by atoms with Crippen molar-refractivity contribution in [3.63, 3.8) is 0 Å². The fourth-order valence-electron chi connectivity index (χ4n) is 3.20. The SMILES string of the molecule is CCc1nsc(N2CCN(C(=NC)NCc3ccc(CS(C)(=O)=O)cc3)CC2)n1. The Balaban J connectivity index is 1.51. The van der Waals surface area contributed by atoms with Crippen LogP contribution in [0.5, 0.6) is 0 Å². The third kappa shape index (κ3) is 6.14. The molecule has 0 saturated carbocycles. The second-order valence-corrected chi connectivity index (χ2v) is 9.98. The maximum atomic E-state index is 11.4. The van der Waals surface area contributed by atoms with E-state index in [1.54, 1.807) is 7.05 Å². The number of hydrogen-bond acceptors (Lipinski definition) is 7. The molecule has 2 heterocycles. The van der Waals surface area contributed by atoms with E-state index in [1.165, 1.54) is 17.8 Å². The quantitative estimate of drug-likeness (QED) is 0.543. The lowest BCUT2D eigenvalue weighted by Crippen LogP contribution is -2.52. The first-order valence-corrected chi connectivity index (χ1v) is 12.5. The third-order valence-electron chi connectivity index (χ3n) is 4.74. The van der Waals surface area contributed by atoms with Gasteiger partial charge >= 0.3 is 0 Å². The van der Waals surface area contributed by atoms with Gasteiger partial charge in [0.2, 0.25) is 5.13 Å². The van der Waals surface area contributed by atoms with Gasteiger partial charge in [-0.05, 0) is 11.1 Å². The Kier molecular flexibility index (Phi) is 7.07. The van der Waals surface area contributed by atoms with Crippen LogP contribution in [0, 0.1) is 0 Å². The van der Waals surface area contributed by atoms with Gasteiger partial charge in [-0.25, -0.2) is 13.4 Å². The van der Waals surface area contributed by atoms with Crippen LogP contribution in [-0.4, -0.2) is 68.1 Å². The Bertz CT molecular complexity index is 932. The molecular weight excluding hydrogens is 408 g/mol. The van der Waals surface area contributed by atoms with Gasteiger partial charge in [0.05, 0.1) is 5.75 Å². The number of nitrogens with zero attached hydrogens (tertiary/aromatic N) is 5. The van der Waals surface area contributed by atoms with Crippen molar-refractivity contribution >= 4 is 32.5 Å². The summed E-state index contributed by atoms with van der Waals surface area (Å²) in [6.07, 6.45) is 2.11. The molecule has 1 aliphatic rings. The summed E-state index contributed by atoms with van der Waals surface area (Å²) in [5.74, 6) is 1.85. The number of aromatic nitrogens is 2. The van der Waals surface area contributed by atoms with Crippen molar-refractivity contribution in [2.75, 3.05) is 44.4 Å². The van der Waals surface area contributed by atoms with Crippen LogP contribution in [0.4, 0.5) is 5.13 Å². The van der Waals surface area contributed by atoms with E-state index in [2.05, 4.69) is 36.4 Å². The Morgan fingerprint density at radius 2 is 1.83 bits per heavy atom. The fourth-order valence-corrected chi connectivity index (χ4v) is 4.79. The normalized spacial score (nSPS) is 15.6. The van der Waals surface area contributed by atoms with Gasteiger partial charge in [-0.15, -0.1) is 0 Å². The van der Waals surface area contributed by atoms with Gasteiger partial charge in [0.1, 0.15) is 5.82 Å². The van der Waals surface area contributed by atoms with Crippen molar-refractivity contribution in [1.82, 2.24) is 19.6 Å². The molecule has 2 aromatic rings. The van der Waals surface area contributed by atoms with E-state index in [-0.39, 0.29) is 5.75 Å². The zero-order chi connectivity index (χ0) is 20.9. The number of aryl methyl sites for hydroxylation is 1. The lowest BCUT2D eigenvalue weighted by molar-refractivity contribution is 0.372. The summed E-state index contributed by atoms with van der Waals surface area (Å²) in [7, 11) is -1.22. The highest BCUT2D eigenvalue weighted by atomic mass is 32.2. The van der Waals surface area contributed by atoms with Crippen molar-refractivity contribution in [3.8, 4) is 0 Å². The van der Waals surface area contributed by atoms with Gasteiger partial charge in [-0.3, -0.25) is 4.99 Å². The van der Waals surface area contributed by atoms with E-state index < -0.39 is 9.84 Å². The minimum Gasteiger partial charge on any atom is -0.352 e. The van der Waals surface area contributed by atoms with Crippen molar-refractivity contribution < 1.29 is 8.42 Å². The van der Waals surface area contributed by atoms with Crippen LogP contribution in [0.25, 0.3) is 0 Å². The molecule has 0 amide bonds. The summed E-state index contributed by atoms with van der Waals surface area (Å²) in [4.78, 5) is 13.5. The summed E-state index contributed by atoms with van der Waals surface area (Å²) < 4.78 is 27.2. The van der Waals surface area contributed by atoms with Crippen molar-refractivity contribution in [2.45, 2.75) is 25.6 Å². The van der Waals surface area contributed by atoms with Crippen LogP contribution in [0.15, 0.2) is 29.3 Å². The van der Waals surface area contributed by atoms with Gasteiger partial charge in [-0.1, -0.05) is 31.2 Å². The lowest BCUT2D eigenvalue weighted by Gasteiger charge is -2.36.